The first-order chi connectivity index (χ1) is 8.74. The van der Waals surface area contributed by atoms with Crippen molar-refractivity contribution >= 4 is 11.6 Å². The monoisotopic (exact) mass is 247 g/mol. The fourth-order valence-corrected chi connectivity index (χ4v) is 1.73. The second-order valence-electron chi connectivity index (χ2n) is 4.02. The smallest absolute Gasteiger partial charge is 0.134 e. The van der Waals surface area contributed by atoms with Gasteiger partial charge in [0.25, 0.3) is 0 Å². The van der Waals surface area contributed by atoms with E-state index in [-0.39, 0.29) is 0 Å². The number of aryl methyl sites for hydroxylation is 1. The second-order valence-corrected chi connectivity index (χ2v) is 4.02. The van der Waals surface area contributed by atoms with Crippen molar-refractivity contribution in [1.82, 2.24) is 9.97 Å². The van der Waals surface area contributed by atoms with Crippen LogP contribution in [0.1, 0.15) is 32.5 Å². The molecule has 1 aromatic heterocycles. The highest BCUT2D eigenvalue weighted by Gasteiger charge is 2.09. The van der Waals surface area contributed by atoms with Gasteiger partial charge in [-0.25, -0.2) is 9.97 Å². The van der Waals surface area contributed by atoms with E-state index in [9.17, 15) is 0 Å². The first kappa shape index (κ1) is 14.2. The molecule has 1 N–H and O–H groups in total. The van der Waals surface area contributed by atoms with E-state index in [2.05, 4.69) is 40.1 Å². The Kier molecular flexibility index (Phi) is 5.92. The molecule has 1 aromatic rings. The van der Waals surface area contributed by atoms with E-state index in [0.717, 1.165) is 36.8 Å². The number of rotatable bonds is 7. The molecule has 0 saturated heterocycles. The van der Waals surface area contributed by atoms with Crippen LogP contribution in [0.15, 0.2) is 6.07 Å². The molecule has 0 spiro atoms. The summed E-state index contributed by atoms with van der Waals surface area (Å²) in [6.45, 7) is 5.73. The van der Waals surface area contributed by atoms with Crippen LogP contribution in [-0.2, 0) is 6.42 Å². The van der Waals surface area contributed by atoms with Crippen molar-refractivity contribution in [2.75, 3.05) is 30.4 Å². The van der Waals surface area contributed by atoms with Gasteiger partial charge in [-0.3, -0.25) is 0 Å². The highest BCUT2D eigenvalue weighted by atomic mass is 15.2. The third-order valence-corrected chi connectivity index (χ3v) is 2.69. The highest BCUT2D eigenvalue weighted by molar-refractivity contribution is 5.49. The van der Waals surface area contributed by atoms with Crippen LogP contribution in [0.5, 0.6) is 0 Å². The molecular formula is C13H21N5. The number of anilines is 2. The summed E-state index contributed by atoms with van der Waals surface area (Å²) in [6, 6.07) is 4.10. The van der Waals surface area contributed by atoms with Crippen molar-refractivity contribution in [2.45, 2.75) is 33.1 Å². The normalized spacial score (nSPS) is 9.89. The third kappa shape index (κ3) is 3.88. The van der Waals surface area contributed by atoms with E-state index < -0.39 is 0 Å². The zero-order chi connectivity index (χ0) is 13.4. The highest BCUT2D eigenvalue weighted by Crippen LogP contribution is 2.16. The molecular weight excluding hydrogens is 226 g/mol. The SMILES string of the molecule is CCCc1nc(NC)cc(N(CC)CCC#N)n1. The summed E-state index contributed by atoms with van der Waals surface area (Å²) < 4.78 is 0. The number of nitriles is 1. The lowest BCUT2D eigenvalue weighted by molar-refractivity contribution is 0.781. The van der Waals surface area contributed by atoms with E-state index >= 15 is 0 Å². The van der Waals surface area contributed by atoms with E-state index in [1.54, 1.807) is 0 Å². The maximum absolute atomic E-state index is 8.68. The molecule has 5 nitrogen and oxygen atoms in total. The van der Waals surface area contributed by atoms with E-state index in [1.807, 2.05) is 13.1 Å². The average molecular weight is 247 g/mol. The summed E-state index contributed by atoms with van der Waals surface area (Å²) in [7, 11) is 1.85. The summed E-state index contributed by atoms with van der Waals surface area (Å²) in [5, 5.41) is 11.7. The molecule has 0 aromatic carbocycles. The van der Waals surface area contributed by atoms with Crippen molar-refractivity contribution < 1.29 is 0 Å². The molecule has 18 heavy (non-hydrogen) atoms. The summed E-state index contributed by atoms with van der Waals surface area (Å²) in [5.74, 6) is 2.59. The van der Waals surface area contributed by atoms with Gasteiger partial charge in [0.15, 0.2) is 0 Å². The molecule has 0 unspecified atom stereocenters. The van der Waals surface area contributed by atoms with Gasteiger partial charge in [-0.1, -0.05) is 6.92 Å². The fraction of sp³-hybridized carbons (Fsp3) is 0.615. The van der Waals surface area contributed by atoms with Crippen molar-refractivity contribution in [3.8, 4) is 6.07 Å². The van der Waals surface area contributed by atoms with Gasteiger partial charge in [0, 0.05) is 32.6 Å². The van der Waals surface area contributed by atoms with Crippen LogP contribution in [0, 0.1) is 11.3 Å². The molecule has 5 heteroatoms. The maximum Gasteiger partial charge on any atom is 0.134 e. The minimum absolute atomic E-state index is 0.510. The standard InChI is InChI=1S/C13H21N5/c1-4-7-11-16-12(15-3)10-13(17-11)18(5-2)9-6-8-14/h10H,4-7,9H2,1-3H3,(H,15,16,17). The quantitative estimate of drug-likeness (QED) is 0.800. The largest absolute Gasteiger partial charge is 0.373 e. The topological polar surface area (TPSA) is 64.8 Å². The maximum atomic E-state index is 8.68. The molecule has 0 atom stereocenters. The summed E-state index contributed by atoms with van der Waals surface area (Å²) >= 11 is 0. The van der Waals surface area contributed by atoms with Crippen LogP contribution in [0.25, 0.3) is 0 Å². The number of aromatic nitrogens is 2. The summed E-state index contributed by atoms with van der Waals surface area (Å²) in [4.78, 5) is 11.1. The number of nitrogens with zero attached hydrogens (tertiary/aromatic N) is 4. The summed E-state index contributed by atoms with van der Waals surface area (Å²) in [6.07, 6.45) is 2.41. The molecule has 1 rings (SSSR count). The minimum Gasteiger partial charge on any atom is -0.373 e. The molecule has 0 saturated carbocycles. The Morgan fingerprint density at radius 2 is 2.17 bits per heavy atom. The first-order valence-electron chi connectivity index (χ1n) is 6.42. The number of hydrogen-bond donors (Lipinski definition) is 1. The minimum atomic E-state index is 0.510. The van der Waals surface area contributed by atoms with Gasteiger partial charge in [-0.2, -0.15) is 5.26 Å². The van der Waals surface area contributed by atoms with Crippen LogP contribution >= 0.6 is 0 Å². The predicted octanol–water partition coefficient (Wildman–Crippen LogP) is 2.21. The van der Waals surface area contributed by atoms with Gasteiger partial charge >= 0.3 is 0 Å². The lowest BCUT2D eigenvalue weighted by Gasteiger charge is -2.21. The number of nitrogens with one attached hydrogen (secondary N) is 1. The zero-order valence-electron chi connectivity index (χ0n) is 11.4. The van der Waals surface area contributed by atoms with Gasteiger partial charge in [-0.15, -0.1) is 0 Å². The zero-order valence-corrected chi connectivity index (χ0v) is 11.4. The molecule has 0 bridgehead atoms. The Bertz CT molecular complexity index is 410. The first-order valence-corrected chi connectivity index (χ1v) is 6.42. The molecule has 0 aliphatic rings. The van der Waals surface area contributed by atoms with Crippen molar-refractivity contribution in [3.05, 3.63) is 11.9 Å². The van der Waals surface area contributed by atoms with Crippen molar-refractivity contribution in [3.63, 3.8) is 0 Å². The Morgan fingerprint density at radius 1 is 1.39 bits per heavy atom. The van der Waals surface area contributed by atoms with Crippen LogP contribution in [0.2, 0.25) is 0 Å². The van der Waals surface area contributed by atoms with E-state index in [4.69, 9.17) is 5.26 Å². The average Bonchev–Trinajstić information content (AvgIpc) is 2.39. The second kappa shape index (κ2) is 7.49. The van der Waals surface area contributed by atoms with Gasteiger partial charge in [0.1, 0.15) is 17.5 Å². The summed E-state index contributed by atoms with van der Waals surface area (Å²) in [5.41, 5.74) is 0. The predicted molar refractivity (Wildman–Crippen MR) is 73.7 cm³/mol. The molecule has 0 aliphatic heterocycles. The van der Waals surface area contributed by atoms with Crippen LogP contribution in [0.3, 0.4) is 0 Å². The third-order valence-electron chi connectivity index (χ3n) is 2.69. The molecule has 0 amide bonds. The van der Waals surface area contributed by atoms with Crippen molar-refractivity contribution in [2.24, 2.45) is 0 Å². The molecule has 1 heterocycles. The van der Waals surface area contributed by atoms with Gasteiger partial charge in [-0.05, 0) is 13.3 Å². The van der Waals surface area contributed by atoms with Crippen LogP contribution in [-0.4, -0.2) is 30.1 Å². The van der Waals surface area contributed by atoms with Gasteiger partial charge < -0.3 is 10.2 Å². The Hall–Kier alpha value is -1.83. The molecule has 0 aliphatic carbocycles. The van der Waals surface area contributed by atoms with Crippen molar-refractivity contribution in [1.29, 1.82) is 5.26 Å². The van der Waals surface area contributed by atoms with Crippen LogP contribution < -0.4 is 10.2 Å². The lowest BCUT2D eigenvalue weighted by Crippen LogP contribution is -2.25. The molecule has 0 radical (unpaired) electrons. The molecule has 98 valence electrons. The Balaban J connectivity index is 2.97. The van der Waals surface area contributed by atoms with E-state index in [1.165, 1.54) is 0 Å². The fourth-order valence-electron chi connectivity index (χ4n) is 1.73. The van der Waals surface area contributed by atoms with Crippen LogP contribution in [0.4, 0.5) is 11.6 Å². The lowest BCUT2D eigenvalue weighted by atomic mass is 10.3. The Labute approximate surface area is 109 Å². The Morgan fingerprint density at radius 3 is 2.72 bits per heavy atom. The van der Waals surface area contributed by atoms with E-state index in [0.29, 0.717) is 13.0 Å². The van der Waals surface area contributed by atoms with Gasteiger partial charge in [0.05, 0.1) is 12.5 Å². The van der Waals surface area contributed by atoms with Gasteiger partial charge in [0.2, 0.25) is 0 Å². The number of hydrogen-bond acceptors (Lipinski definition) is 5. The molecule has 0 fully saturated rings.